The molecular formula is C34H33N3O3. The molecule has 40 heavy (non-hydrogen) atoms. The van der Waals surface area contributed by atoms with Crippen LogP contribution in [0.3, 0.4) is 0 Å². The van der Waals surface area contributed by atoms with Crippen LogP contribution in [0, 0.1) is 20.8 Å². The number of anilines is 1. The summed E-state index contributed by atoms with van der Waals surface area (Å²) in [7, 11) is 0. The van der Waals surface area contributed by atoms with Gasteiger partial charge in [0.25, 0.3) is 11.5 Å². The minimum absolute atomic E-state index is 0.0785. The molecule has 1 aromatic heterocycles. The first-order chi connectivity index (χ1) is 19.4. The number of fused-ring (bicyclic) bond motifs is 1. The fourth-order valence-corrected chi connectivity index (χ4v) is 4.99. The lowest BCUT2D eigenvalue weighted by Gasteiger charge is -2.25. The molecule has 0 aliphatic rings. The summed E-state index contributed by atoms with van der Waals surface area (Å²) in [5, 5.41) is 0.580. The van der Waals surface area contributed by atoms with Gasteiger partial charge in [0.1, 0.15) is 11.6 Å². The van der Waals surface area contributed by atoms with Crippen molar-refractivity contribution in [1.82, 2.24) is 9.55 Å². The van der Waals surface area contributed by atoms with Gasteiger partial charge in [-0.1, -0.05) is 78.4 Å². The Hall–Kier alpha value is -4.71. The summed E-state index contributed by atoms with van der Waals surface area (Å²) in [5.41, 5.74) is 5.42. The Balaban J connectivity index is 1.43. The second-order valence-electron chi connectivity index (χ2n) is 10.0. The second kappa shape index (κ2) is 12.0. The Bertz CT molecular complexity index is 1710. The fraction of sp³-hybridized carbons (Fsp3) is 0.206. The van der Waals surface area contributed by atoms with Crippen LogP contribution in [0.5, 0.6) is 5.75 Å². The van der Waals surface area contributed by atoms with E-state index in [1.807, 2.05) is 112 Å². The number of hydrogen-bond acceptors (Lipinski definition) is 4. The standard InChI is InChI=1S/C34H33N3O3/c1-24-18-19-30(26(3)22-24)36(32(38)23-40-31-17-10-7-12-25(31)2)20-11-21-37-33(27-13-5-4-6-14-27)35-29-16-9-8-15-28(29)34(37)39/h4-10,12-19,22H,11,20-21,23H2,1-3H3. The Labute approximate surface area is 234 Å². The smallest absolute Gasteiger partial charge is 0.264 e. The quantitative estimate of drug-likeness (QED) is 0.218. The van der Waals surface area contributed by atoms with E-state index in [1.54, 1.807) is 9.47 Å². The van der Waals surface area contributed by atoms with Gasteiger partial charge in [-0.2, -0.15) is 0 Å². The number of ether oxygens (including phenoxy) is 1. The van der Waals surface area contributed by atoms with Crippen molar-refractivity contribution < 1.29 is 9.53 Å². The Kier molecular flexibility index (Phi) is 8.06. The van der Waals surface area contributed by atoms with Crippen molar-refractivity contribution in [2.45, 2.75) is 33.7 Å². The first-order valence-corrected chi connectivity index (χ1v) is 13.5. The second-order valence-corrected chi connectivity index (χ2v) is 10.0. The van der Waals surface area contributed by atoms with Gasteiger partial charge in [-0.15, -0.1) is 0 Å². The maximum atomic E-state index is 13.6. The predicted octanol–water partition coefficient (Wildman–Crippen LogP) is 6.49. The molecule has 6 heteroatoms. The Morgan fingerprint density at radius 2 is 1.57 bits per heavy atom. The van der Waals surface area contributed by atoms with Gasteiger partial charge in [0.05, 0.1) is 10.9 Å². The van der Waals surface area contributed by atoms with Crippen molar-refractivity contribution in [3.8, 4) is 17.1 Å². The summed E-state index contributed by atoms with van der Waals surface area (Å²) in [6.07, 6.45) is 0.559. The van der Waals surface area contributed by atoms with Crippen molar-refractivity contribution >= 4 is 22.5 Å². The molecule has 0 spiro atoms. The van der Waals surface area contributed by atoms with Crippen LogP contribution in [0.25, 0.3) is 22.3 Å². The maximum Gasteiger partial charge on any atom is 0.264 e. The SMILES string of the molecule is Cc1ccc(N(CCCn2c(-c3ccccc3)nc3ccccc3c2=O)C(=O)COc2ccccc2C)c(C)c1. The third-order valence-electron chi connectivity index (χ3n) is 7.05. The minimum Gasteiger partial charge on any atom is -0.483 e. The highest BCUT2D eigenvalue weighted by Gasteiger charge is 2.20. The normalized spacial score (nSPS) is 11.0. The average molecular weight is 532 g/mol. The number of aromatic nitrogens is 2. The molecule has 1 amide bonds. The van der Waals surface area contributed by atoms with Gasteiger partial charge in [0.2, 0.25) is 0 Å². The van der Waals surface area contributed by atoms with E-state index < -0.39 is 0 Å². The van der Waals surface area contributed by atoms with Crippen molar-refractivity contribution in [2.24, 2.45) is 0 Å². The van der Waals surface area contributed by atoms with Crippen LogP contribution in [-0.2, 0) is 11.3 Å². The van der Waals surface area contributed by atoms with Crippen molar-refractivity contribution in [3.05, 3.63) is 124 Å². The topological polar surface area (TPSA) is 64.4 Å². The zero-order chi connectivity index (χ0) is 28.1. The molecule has 0 unspecified atom stereocenters. The molecule has 0 fully saturated rings. The van der Waals surface area contributed by atoms with Gasteiger partial charge in [-0.25, -0.2) is 4.98 Å². The van der Waals surface area contributed by atoms with E-state index in [4.69, 9.17) is 9.72 Å². The van der Waals surface area contributed by atoms with Crippen LogP contribution in [-0.4, -0.2) is 28.6 Å². The van der Waals surface area contributed by atoms with Gasteiger partial charge in [0.15, 0.2) is 6.61 Å². The first-order valence-electron chi connectivity index (χ1n) is 13.5. The number of rotatable bonds is 9. The molecule has 0 saturated carbocycles. The van der Waals surface area contributed by atoms with E-state index in [0.717, 1.165) is 27.9 Å². The Morgan fingerprint density at radius 1 is 0.850 bits per heavy atom. The molecule has 5 rings (SSSR count). The zero-order valence-corrected chi connectivity index (χ0v) is 23.1. The highest BCUT2D eigenvalue weighted by molar-refractivity contribution is 5.95. The molecule has 202 valence electrons. The molecule has 0 atom stereocenters. The Morgan fingerprint density at radius 3 is 2.35 bits per heavy atom. The summed E-state index contributed by atoms with van der Waals surface area (Å²) < 4.78 is 7.65. The lowest BCUT2D eigenvalue weighted by molar-refractivity contribution is -0.120. The van der Waals surface area contributed by atoms with E-state index in [0.29, 0.717) is 42.0 Å². The lowest BCUT2D eigenvalue weighted by Crippen LogP contribution is -2.37. The van der Waals surface area contributed by atoms with Crippen LogP contribution in [0.1, 0.15) is 23.1 Å². The van der Waals surface area contributed by atoms with Gasteiger partial charge < -0.3 is 9.64 Å². The number of carbonyl (C=O) groups excluding carboxylic acids is 1. The van der Waals surface area contributed by atoms with E-state index in [9.17, 15) is 9.59 Å². The summed E-state index contributed by atoms with van der Waals surface area (Å²) in [5.74, 6) is 1.18. The van der Waals surface area contributed by atoms with Gasteiger partial charge >= 0.3 is 0 Å². The third kappa shape index (κ3) is 5.81. The van der Waals surface area contributed by atoms with Crippen molar-refractivity contribution in [1.29, 1.82) is 0 Å². The number of nitrogens with zero attached hydrogens (tertiary/aromatic N) is 3. The summed E-state index contributed by atoms with van der Waals surface area (Å²) >= 11 is 0. The first kappa shape index (κ1) is 26.9. The van der Waals surface area contributed by atoms with E-state index in [1.165, 1.54) is 0 Å². The van der Waals surface area contributed by atoms with Crippen molar-refractivity contribution in [3.63, 3.8) is 0 Å². The fourth-order valence-electron chi connectivity index (χ4n) is 4.99. The van der Waals surface area contributed by atoms with Gasteiger partial charge in [-0.05, 0) is 62.6 Å². The molecule has 0 bridgehead atoms. The highest BCUT2D eigenvalue weighted by Crippen LogP contribution is 2.24. The summed E-state index contributed by atoms with van der Waals surface area (Å²) in [6.45, 7) is 6.76. The third-order valence-corrected chi connectivity index (χ3v) is 7.05. The minimum atomic E-state index is -0.137. The largest absolute Gasteiger partial charge is 0.483 e. The molecule has 1 heterocycles. The number of benzene rings is 4. The summed E-state index contributed by atoms with van der Waals surface area (Å²) in [6, 6.07) is 30.9. The van der Waals surface area contributed by atoms with Crippen LogP contribution in [0.15, 0.2) is 102 Å². The van der Waals surface area contributed by atoms with E-state index >= 15 is 0 Å². The highest BCUT2D eigenvalue weighted by atomic mass is 16.5. The molecule has 4 aromatic carbocycles. The van der Waals surface area contributed by atoms with Gasteiger partial charge in [0, 0.05) is 24.3 Å². The number of carbonyl (C=O) groups is 1. The number of aryl methyl sites for hydroxylation is 3. The maximum absolute atomic E-state index is 13.6. The van der Waals surface area contributed by atoms with Gasteiger partial charge in [-0.3, -0.25) is 14.2 Å². The molecule has 0 N–H and O–H groups in total. The van der Waals surface area contributed by atoms with Crippen LogP contribution < -0.4 is 15.2 Å². The zero-order valence-electron chi connectivity index (χ0n) is 23.1. The molecule has 0 aliphatic heterocycles. The van der Waals surface area contributed by atoms with Crippen molar-refractivity contribution in [2.75, 3.05) is 18.1 Å². The number of amides is 1. The molecule has 5 aromatic rings. The predicted molar refractivity (Wildman–Crippen MR) is 161 cm³/mol. The van der Waals surface area contributed by atoms with E-state index in [-0.39, 0.29) is 18.1 Å². The lowest BCUT2D eigenvalue weighted by atomic mass is 10.1. The van der Waals surface area contributed by atoms with Crippen LogP contribution in [0.4, 0.5) is 5.69 Å². The van der Waals surface area contributed by atoms with Crippen LogP contribution >= 0.6 is 0 Å². The number of hydrogen-bond donors (Lipinski definition) is 0. The molecule has 0 saturated heterocycles. The van der Waals surface area contributed by atoms with Crippen LogP contribution in [0.2, 0.25) is 0 Å². The molecule has 0 radical (unpaired) electrons. The monoisotopic (exact) mass is 531 g/mol. The van der Waals surface area contributed by atoms with E-state index in [2.05, 4.69) is 6.07 Å². The average Bonchev–Trinajstić information content (AvgIpc) is 2.96. The number of para-hydroxylation sites is 2. The summed E-state index contributed by atoms with van der Waals surface area (Å²) in [4.78, 5) is 33.8. The molecule has 6 nitrogen and oxygen atoms in total. The molecule has 0 aliphatic carbocycles. The molecular weight excluding hydrogens is 498 g/mol.